The molecule has 6 nitrogen and oxygen atoms in total. The number of ether oxygens (including phenoxy) is 1. The molecular formula is C23H17Cl2NO5. The molecular weight excluding hydrogens is 441 g/mol. The van der Waals surface area contributed by atoms with E-state index in [-0.39, 0.29) is 16.5 Å². The van der Waals surface area contributed by atoms with E-state index in [1.807, 2.05) is 0 Å². The summed E-state index contributed by atoms with van der Waals surface area (Å²) >= 11 is 12.2. The largest absolute Gasteiger partial charge is 0.481 e. The van der Waals surface area contributed by atoms with E-state index in [1.54, 1.807) is 54.6 Å². The Morgan fingerprint density at radius 1 is 1.03 bits per heavy atom. The van der Waals surface area contributed by atoms with E-state index in [9.17, 15) is 20.1 Å². The first-order valence-corrected chi connectivity index (χ1v) is 10.4. The number of carboxylic acid groups (broad SMARTS) is 1. The minimum atomic E-state index is -2.15. The standard InChI is InChI=1S/C23H17Cl2NO5/c24-14-8-6-13(7-9-14)23-18(12-4-2-1-3-5-12)17(21(28)29)20(27)22(23,30)19-16(31-23)10-15(25)11-26-19/h1-11,17-18,20,27,30H,(H,28,29)/t17-,18-,20-,22+,23+/m1/s1. The van der Waals surface area contributed by atoms with E-state index >= 15 is 0 Å². The predicted molar refractivity (Wildman–Crippen MR) is 113 cm³/mol. The highest BCUT2D eigenvalue weighted by Gasteiger charge is 2.78. The van der Waals surface area contributed by atoms with E-state index in [1.165, 1.54) is 12.3 Å². The predicted octanol–water partition coefficient (Wildman–Crippen LogP) is 3.72. The average Bonchev–Trinajstić information content (AvgIpc) is 3.12. The fourth-order valence-electron chi connectivity index (χ4n) is 5.10. The molecule has 0 unspecified atom stereocenters. The quantitative estimate of drug-likeness (QED) is 0.554. The van der Waals surface area contributed by atoms with Gasteiger partial charge in [0.25, 0.3) is 0 Å². The number of aliphatic hydroxyl groups excluding tert-OH is 1. The van der Waals surface area contributed by atoms with Gasteiger partial charge in [0.2, 0.25) is 0 Å². The minimum Gasteiger partial charge on any atom is -0.481 e. The smallest absolute Gasteiger partial charge is 0.310 e. The van der Waals surface area contributed by atoms with Crippen molar-refractivity contribution in [1.29, 1.82) is 0 Å². The van der Waals surface area contributed by atoms with Gasteiger partial charge in [-0.3, -0.25) is 9.78 Å². The summed E-state index contributed by atoms with van der Waals surface area (Å²) in [5.74, 6) is -3.38. The van der Waals surface area contributed by atoms with Crippen LogP contribution in [0, 0.1) is 5.92 Å². The summed E-state index contributed by atoms with van der Waals surface area (Å²) < 4.78 is 6.38. The van der Waals surface area contributed by atoms with Gasteiger partial charge in [0, 0.05) is 23.2 Å². The fourth-order valence-corrected chi connectivity index (χ4v) is 5.38. The van der Waals surface area contributed by atoms with Gasteiger partial charge in [0.1, 0.15) is 17.5 Å². The maximum absolute atomic E-state index is 12.4. The van der Waals surface area contributed by atoms with Crippen molar-refractivity contribution >= 4 is 29.2 Å². The van der Waals surface area contributed by atoms with Gasteiger partial charge in [-0.2, -0.15) is 0 Å². The van der Waals surface area contributed by atoms with E-state index in [2.05, 4.69) is 4.98 Å². The van der Waals surface area contributed by atoms with Crippen molar-refractivity contribution in [2.75, 3.05) is 0 Å². The van der Waals surface area contributed by atoms with Crippen LogP contribution in [0.4, 0.5) is 0 Å². The number of rotatable bonds is 3. The molecule has 1 aromatic heterocycles. The maximum atomic E-state index is 12.4. The Labute approximate surface area is 187 Å². The molecule has 0 amide bonds. The maximum Gasteiger partial charge on any atom is 0.310 e. The molecule has 2 aromatic carbocycles. The number of hydrogen-bond donors (Lipinski definition) is 3. The van der Waals surface area contributed by atoms with Crippen molar-refractivity contribution in [1.82, 2.24) is 4.98 Å². The van der Waals surface area contributed by atoms with Crippen LogP contribution in [0.3, 0.4) is 0 Å². The Hall–Kier alpha value is -2.64. The fraction of sp³-hybridized carbons (Fsp3) is 0.217. The number of carboxylic acids is 1. The van der Waals surface area contributed by atoms with Crippen LogP contribution in [0.5, 0.6) is 5.75 Å². The zero-order valence-corrected chi connectivity index (χ0v) is 17.5. The highest BCUT2D eigenvalue weighted by Crippen LogP contribution is 2.68. The van der Waals surface area contributed by atoms with Crippen LogP contribution < -0.4 is 4.74 Å². The molecule has 1 fully saturated rings. The van der Waals surface area contributed by atoms with Gasteiger partial charge in [-0.25, -0.2) is 0 Å². The monoisotopic (exact) mass is 457 g/mol. The van der Waals surface area contributed by atoms with Crippen LogP contribution in [-0.2, 0) is 16.0 Å². The third kappa shape index (κ3) is 2.59. The lowest BCUT2D eigenvalue weighted by atomic mass is 9.71. The van der Waals surface area contributed by atoms with Crippen molar-refractivity contribution in [3.63, 3.8) is 0 Å². The number of halogens is 2. The second-order valence-corrected chi connectivity index (χ2v) is 8.68. The summed E-state index contributed by atoms with van der Waals surface area (Å²) in [6.07, 6.45) is -0.376. The number of fused-ring (bicyclic) bond motifs is 3. The van der Waals surface area contributed by atoms with Crippen molar-refractivity contribution in [3.8, 4) is 5.75 Å². The number of carbonyl (C=O) groups is 1. The summed E-state index contributed by atoms with van der Waals surface area (Å²) in [6, 6.07) is 16.9. The molecule has 1 aliphatic carbocycles. The first kappa shape index (κ1) is 20.3. The van der Waals surface area contributed by atoms with Crippen molar-refractivity contribution in [2.24, 2.45) is 5.92 Å². The highest BCUT2D eigenvalue weighted by molar-refractivity contribution is 6.30. The third-order valence-electron chi connectivity index (χ3n) is 6.30. The molecule has 8 heteroatoms. The molecule has 31 heavy (non-hydrogen) atoms. The van der Waals surface area contributed by atoms with Gasteiger partial charge in [0.15, 0.2) is 11.2 Å². The van der Waals surface area contributed by atoms with E-state index < -0.39 is 35.1 Å². The van der Waals surface area contributed by atoms with Gasteiger partial charge in [-0.15, -0.1) is 0 Å². The molecule has 0 saturated heterocycles. The zero-order chi connectivity index (χ0) is 22.0. The summed E-state index contributed by atoms with van der Waals surface area (Å²) in [6.45, 7) is 0. The molecule has 0 radical (unpaired) electrons. The Morgan fingerprint density at radius 3 is 2.35 bits per heavy atom. The van der Waals surface area contributed by atoms with Gasteiger partial charge in [0.05, 0.1) is 10.9 Å². The van der Waals surface area contributed by atoms with Gasteiger partial charge in [-0.1, -0.05) is 65.7 Å². The number of aromatic nitrogens is 1. The third-order valence-corrected chi connectivity index (χ3v) is 6.76. The molecule has 1 saturated carbocycles. The topological polar surface area (TPSA) is 99.9 Å². The average molecular weight is 458 g/mol. The van der Waals surface area contributed by atoms with Crippen LogP contribution >= 0.6 is 23.2 Å². The number of nitrogens with zero attached hydrogens (tertiary/aromatic N) is 1. The van der Waals surface area contributed by atoms with E-state index in [0.717, 1.165) is 0 Å². The molecule has 0 bridgehead atoms. The first-order valence-electron chi connectivity index (χ1n) is 9.60. The normalized spacial score (nSPS) is 31.0. The lowest BCUT2D eigenvalue weighted by Gasteiger charge is -2.40. The lowest BCUT2D eigenvalue weighted by molar-refractivity contribution is -0.160. The van der Waals surface area contributed by atoms with E-state index in [4.69, 9.17) is 27.9 Å². The summed E-state index contributed by atoms with van der Waals surface area (Å²) in [7, 11) is 0. The van der Waals surface area contributed by atoms with Crippen molar-refractivity contribution in [3.05, 3.63) is 93.7 Å². The Kier molecular flexibility index (Phi) is 4.53. The molecule has 1 aliphatic heterocycles. The minimum absolute atomic E-state index is 0.0454. The Balaban J connectivity index is 1.87. The second-order valence-electron chi connectivity index (χ2n) is 7.81. The summed E-state index contributed by atoms with van der Waals surface area (Å²) in [4.78, 5) is 16.6. The molecule has 2 aliphatic rings. The first-order chi connectivity index (χ1) is 14.8. The van der Waals surface area contributed by atoms with Gasteiger partial charge < -0.3 is 20.1 Å². The molecule has 0 spiro atoms. The summed E-state index contributed by atoms with van der Waals surface area (Å²) in [5, 5.41) is 34.2. The molecule has 5 atom stereocenters. The number of benzene rings is 2. The molecule has 3 N–H and O–H groups in total. The lowest BCUT2D eigenvalue weighted by Crippen LogP contribution is -2.52. The SMILES string of the molecule is O=C(O)[C@H]1[C@@H](O)[C@@]2(O)c3ncc(Cl)cc3O[C@@]2(c2ccc(Cl)cc2)[C@@H]1c1ccccc1. The molecule has 5 rings (SSSR count). The van der Waals surface area contributed by atoms with Crippen LogP contribution in [0.15, 0.2) is 66.9 Å². The molecule has 3 aromatic rings. The van der Waals surface area contributed by atoms with Crippen LogP contribution in [0.25, 0.3) is 0 Å². The number of hydrogen-bond acceptors (Lipinski definition) is 5. The molecule has 2 heterocycles. The zero-order valence-electron chi connectivity index (χ0n) is 15.9. The van der Waals surface area contributed by atoms with Crippen LogP contribution in [0.2, 0.25) is 10.0 Å². The van der Waals surface area contributed by atoms with Gasteiger partial charge >= 0.3 is 5.97 Å². The summed E-state index contributed by atoms with van der Waals surface area (Å²) in [5.41, 5.74) is -2.72. The van der Waals surface area contributed by atoms with Crippen molar-refractivity contribution < 1.29 is 24.9 Å². The van der Waals surface area contributed by atoms with Crippen molar-refractivity contribution in [2.45, 2.75) is 23.2 Å². The van der Waals surface area contributed by atoms with Crippen LogP contribution in [-0.4, -0.2) is 32.4 Å². The second kappa shape index (κ2) is 6.93. The Bertz CT molecular complexity index is 1170. The molecule has 158 valence electrons. The van der Waals surface area contributed by atoms with E-state index in [0.29, 0.717) is 16.1 Å². The highest BCUT2D eigenvalue weighted by atomic mass is 35.5. The van der Waals surface area contributed by atoms with Crippen LogP contribution in [0.1, 0.15) is 22.7 Å². The van der Waals surface area contributed by atoms with Gasteiger partial charge in [-0.05, 0) is 23.3 Å². The number of pyridine rings is 1. The number of aliphatic carboxylic acids is 1. The Morgan fingerprint density at radius 2 is 1.71 bits per heavy atom. The number of aliphatic hydroxyl groups is 2.